The van der Waals surface area contributed by atoms with Crippen LogP contribution in [0.2, 0.25) is 0 Å². The molecule has 0 aliphatic rings. The van der Waals surface area contributed by atoms with E-state index in [1.807, 2.05) is 19.1 Å². The number of aromatic nitrogens is 1. The SMILES string of the molecule is CC(=O)Cc1ccc(C(C)C)nc1C. The molecule has 0 unspecified atom stereocenters. The second kappa shape index (κ2) is 4.36. The van der Waals surface area contributed by atoms with Gasteiger partial charge < -0.3 is 0 Å². The van der Waals surface area contributed by atoms with Gasteiger partial charge in [-0.25, -0.2) is 0 Å². The Bertz CT molecular complexity index is 342. The number of nitrogens with zero attached hydrogens (tertiary/aromatic N) is 1. The Kier molecular flexibility index (Phi) is 3.39. The minimum Gasteiger partial charge on any atom is -0.300 e. The van der Waals surface area contributed by atoms with Gasteiger partial charge in [-0.3, -0.25) is 9.78 Å². The first-order valence-corrected chi connectivity index (χ1v) is 4.96. The molecule has 0 saturated heterocycles. The lowest BCUT2D eigenvalue weighted by molar-refractivity contribution is -0.116. The average Bonchev–Trinajstić information content (AvgIpc) is 2.07. The van der Waals surface area contributed by atoms with Crippen molar-refractivity contribution in [3.05, 3.63) is 29.1 Å². The van der Waals surface area contributed by atoms with Crippen molar-refractivity contribution in [1.82, 2.24) is 4.98 Å². The number of carbonyl (C=O) groups is 1. The number of rotatable bonds is 3. The molecule has 1 aromatic rings. The molecule has 0 radical (unpaired) electrons. The Morgan fingerprint density at radius 1 is 1.43 bits per heavy atom. The van der Waals surface area contributed by atoms with Crippen molar-refractivity contribution in [3.8, 4) is 0 Å². The van der Waals surface area contributed by atoms with E-state index in [1.165, 1.54) is 0 Å². The number of hydrogen-bond acceptors (Lipinski definition) is 2. The Morgan fingerprint density at radius 3 is 2.50 bits per heavy atom. The summed E-state index contributed by atoms with van der Waals surface area (Å²) in [6.45, 7) is 7.80. The first-order chi connectivity index (χ1) is 6.50. The van der Waals surface area contributed by atoms with Gasteiger partial charge in [0.1, 0.15) is 5.78 Å². The fraction of sp³-hybridized carbons (Fsp3) is 0.500. The minimum absolute atomic E-state index is 0.187. The van der Waals surface area contributed by atoms with Crippen molar-refractivity contribution in [2.45, 2.75) is 40.0 Å². The third kappa shape index (κ3) is 2.66. The van der Waals surface area contributed by atoms with Crippen LogP contribution in [0.5, 0.6) is 0 Å². The molecule has 0 N–H and O–H groups in total. The monoisotopic (exact) mass is 191 g/mol. The predicted molar refractivity (Wildman–Crippen MR) is 57.4 cm³/mol. The first-order valence-electron chi connectivity index (χ1n) is 4.96. The highest BCUT2D eigenvalue weighted by Gasteiger charge is 2.06. The topological polar surface area (TPSA) is 30.0 Å². The third-order valence-electron chi connectivity index (χ3n) is 2.25. The summed E-state index contributed by atoms with van der Waals surface area (Å²) in [6, 6.07) is 4.02. The van der Waals surface area contributed by atoms with E-state index in [2.05, 4.69) is 18.8 Å². The van der Waals surface area contributed by atoms with Gasteiger partial charge in [0.25, 0.3) is 0 Å². The minimum atomic E-state index is 0.187. The van der Waals surface area contributed by atoms with Gasteiger partial charge in [0.15, 0.2) is 0 Å². The van der Waals surface area contributed by atoms with E-state index in [0.717, 1.165) is 17.0 Å². The molecule has 76 valence electrons. The van der Waals surface area contributed by atoms with E-state index in [1.54, 1.807) is 6.92 Å². The molecule has 0 aromatic carbocycles. The van der Waals surface area contributed by atoms with E-state index in [4.69, 9.17) is 0 Å². The zero-order valence-electron chi connectivity index (χ0n) is 9.29. The van der Waals surface area contributed by atoms with Gasteiger partial charge in [-0.15, -0.1) is 0 Å². The lowest BCUT2D eigenvalue weighted by Gasteiger charge is -2.08. The summed E-state index contributed by atoms with van der Waals surface area (Å²) in [7, 11) is 0. The van der Waals surface area contributed by atoms with Gasteiger partial charge in [0.05, 0.1) is 0 Å². The molecule has 14 heavy (non-hydrogen) atoms. The van der Waals surface area contributed by atoms with Crippen LogP contribution >= 0.6 is 0 Å². The fourth-order valence-electron chi connectivity index (χ4n) is 1.39. The van der Waals surface area contributed by atoms with Gasteiger partial charge in [0, 0.05) is 17.8 Å². The van der Waals surface area contributed by atoms with Crippen LogP contribution in [0.4, 0.5) is 0 Å². The molecular formula is C12H17NO. The molecule has 1 heterocycles. The van der Waals surface area contributed by atoms with Gasteiger partial charge in [-0.2, -0.15) is 0 Å². The van der Waals surface area contributed by atoms with Crippen molar-refractivity contribution >= 4 is 5.78 Å². The second-order valence-corrected chi connectivity index (χ2v) is 4.01. The standard InChI is InChI=1S/C12H17NO/c1-8(2)12-6-5-11(7-9(3)14)10(4)13-12/h5-6,8H,7H2,1-4H3. The maximum absolute atomic E-state index is 11.0. The lowest BCUT2D eigenvalue weighted by Crippen LogP contribution is -2.03. The quantitative estimate of drug-likeness (QED) is 0.735. The second-order valence-electron chi connectivity index (χ2n) is 4.01. The highest BCUT2D eigenvalue weighted by molar-refractivity contribution is 5.78. The highest BCUT2D eigenvalue weighted by atomic mass is 16.1. The summed E-state index contributed by atoms with van der Waals surface area (Å²) < 4.78 is 0. The van der Waals surface area contributed by atoms with Crippen molar-refractivity contribution in [3.63, 3.8) is 0 Å². The number of pyridine rings is 1. The number of aryl methyl sites for hydroxylation is 1. The first kappa shape index (κ1) is 10.9. The van der Waals surface area contributed by atoms with Crippen LogP contribution in [0.1, 0.15) is 43.6 Å². The zero-order chi connectivity index (χ0) is 10.7. The summed E-state index contributed by atoms with van der Waals surface area (Å²) in [5.41, 5.74) is 3.11. The normalized spacial score (nSPS) is 10.6. The molecule has 0 fully saturated rings. The number of hydrogen-bond donors (Lipinski definition) is 0. The van der Waals surface area contributed by atoms with Gasteiger partial charge >= 0.3 is 0 Å². The fourth-order valence-corrected chi connectivity index (χ4v) is 1.39. The molecule has 0 atom stereocenters. The smallest absolute Gasteiger partial charge is 0.134 e. The summed E-state index contributed by atoms with van der Waals surface area (Å²) in [5.74, 6) is 0.632. The third-order valence-corrected chi connectivity index (χ3v) is 2.25. The molecule has 1 aromatic heterocycles. The van der Waals surface area contributed by atoms with E-state index in [-0.39, 0.29) is 5.78 Å². The predicted octanol–water partition coefficient (Wildman–Crippen LogP) is 2.64. The average molecular weight is 191 g/mol. The van der Waals surface area contributed by atoms with Crippen LogP contribution in [-0.4, -0.2) is 10.8 Å². The van der Waals surface area contributed by atoms with Gasteiger partial charge in [-0.05, 0) is 31.4 Å². The van der Waals surface area contributed by atoms with E-state index in [9.17, 15) is 4.79 Å². The molecule has 0 aliphatic heterocycles. The van der Waals surface area contributed by atoms with E-state index in [0.29, 0.717) is 12.3 Å². The van der Waals surface area contributed by atoms with E-state index < -0.39 is 0 Å². The lowest BCUT2D eigenvalue weighted by atomic mass is 10.0. The van der Waals surface area contributed by atoms with Crippen LogP contribution in [0.15, 0.2) is 12.1 Å². The van der Waals surface area contributed by atoms with Crippen LogP contribution in [0, 0.1) is 6.92 Å². The number of Topliss-reactive ketones (excluding diaryl/α,β-unsaturated/α-hetero) is 1. The summed E-state index contributed by atoms with van der Waals surface area (Å²) in [4.78, 5) is 15.4. The Morgan fingerprint density at radius 2 is 2.07 bits per heavy atom. The van der Waals surface area contributed by atoms with Crippen LogP contribution in [-0.2, 0) is 11.2 Å². The summed E-state index contributed by atoms with van der Waals surface area (Å²) in [5, 5.41) is 0. The Balaban J connectivity index is 2.95. The van der Waals surface area contributed by atoms with Crippen molar-refractivity contribution in [2.75, 3.05) is 0 Å². The molecule has 0 aliphatic carbocycles. The summed E-state index contributed by atoms with van der Waals surface area (Å²) in [6.07, 6.45) is 0.497. The molecular weight excluding hydrogens is 174 g/mol. The van der Waals surface area contributed by atoms with E-state index >= 15 is 0 Å². The van der Waals surface area contributed by atoms with Crippen LogP contribution in [0.25, 0.3) is 0 Å². The van der Waals surface area contributed by atoms with Crippen molar-refractivity contribution in [2.24, 2.45) is 0 Å². The molecule has 2 nitrogen and oxygen atoms in total. The Hall–Kier alpha value is -1.18. The highest BCUT2D eigenvalue weighted by Crippen LogP contribution is 2.14. The van der Waals surface area contributed by atoms with Gasteiger partial charge in [-0.1, -0.05) is 19.9 Å². The van der Waals surface area contributed by atoms with Crippen LogP contribution < -0.4 is 0 Å². The van der Waals surface area contributed by atoms with Gasteiger partial charge in [0.2, 0.25) is 0 Å². The molecule has 1 rings (SSSR count). The summed E-state index contributed by atoms with van der Waals surface area (Å²) >= 11 is 0. The molecule has 0 bridgehead atoms. The largest absolute Gasteiger partial charge is 0.300 e. The van der Waals surface area contributed by atoms with Crippen molar-refractivity contribution in [1.29, 1.82) is 0 Å². The maximum atomic E-state index is 11.0. The Labute approximate surface area is 85.4 Å². The molecule has 0 amide bonds. The van der Waals surface area contributed by atoms with Crippen LogP contribution in [0.3, 0.4) is 0 Å². The number of carbonyl (C=O) groups excluding carboxylic acids is 1. The molecule has 0 saturated carbocycles. The molecule has 0 spiro atoms. The number of ketones is 1. The van der Waals surface area contributed by atoms with Crippen molar-refractivity contribution < 1.29 is 4.79 Å². The maximum Gasteiger partial charge on any atom is 0.134 e. The molecule has 2 heteroatoms. The zero-order valence-corrected chi connectivity index (χ0v) is 9.29.